The monoisotopic (exact) mass is 538 g/mol. The van der Waals surface area contributed by atoms with Gasteiger partial charge in [-0.05, 0) is 58.2 Å². The summed E-state index contributed by atoms with van der Waals surface area (Å²) in [5, 5.41) is 7.48. The van der Waals surface area contributed by atoms with Gasteiger partial charge in [0.15, 0.2) is 17.5 Å². The second-order valence-corrected chi connectivity index (χ2v) is 7.69. The fourth-order valence-electron chi connectivity index (χ4n) is 3.39. The van der Waals surface area contributed by atoms with E-state index < -0.39 is 0 Å². The average Bonchev–Trinajstić information content (AvgIpc) is 2.68. The lowest BCUT2D eigenvalue weighted by atomic mass is 10.0. The van der Waals surface area contributed by atoms with Gasteiger partial charge in [-0.3, -0.25) is 0 Å². The van der Waals surface area contributed by atoms with Gasteiger partial charge >= 0.3 is 0 Å². The molecule has 1 aromatic carbocycles. The molecule has 0 atom stereocenters. The van der Waals surface area contributed by atoms with Gasteiger partial charge in [0.2, 0.25) is 0 Å². The first-order valence-corrected chi connectivity index (χ1v) is 10.6. The van der Waals surface area contributed by atoms with Crippen LogP contribution in [-0.2, 0) is 6.54 Å². The summed E-state index contributed by atoms with van der Waals surface area (Å²) in [5.74, 6) is 2.06. The maximum absolute atomic E-state index is 6.37. The minimum Gasteiger partial charge on any atom is -0.493 e. The second kappa shape index (κ2) is 13.4. The molecule has 0 saturated carbocycles. The predicted octanol–water partition coefficient (Wildman–Crippen LogP) is 4.29. The fraction of sp³-hybridized carbons (Fsp3) is 0.667. The van der Waals surface area contributed by atoms with E-state index in [1.54, 1.807) is 7.11 Å². The summed E-state index contributed by atoms with van der Waals surface area (Å²) < 4.78 is 11.0. The van der Waals surface area contributed by atoms with Crippen LogP contribution in [0.4, 0.5) is 0 Å². The Labute approximate surface area is 197 Å². The highest BCUT2D eigenvalue weighted by molar-refractivity contribution is 14.0. The SMILES string of the molecule is CCNC(=NCc1cc(Cl)c(OCC)c(OC)c1)NC1CCN(C(C)C)CC1.I. The fourth-order valence-corrected chi connectivity index (χ4v) is 3.68. The molecule has 29 heavy (non-hydrogen) atoms. The van der Waals surface area contributed by atoms with Gasteiger partial charge < -0.3 is 25.0 Å². The van der Waals surface area contributed by atoms with E-state index in [0.29, 0.717) is 41.8 Å². The number of ether oxygens (including phenoxy) is 2. The van der Waals surface area contributed by atoms with Crippen molar-refractivity contribution in [2.45, 2.75) is 59.2 Å². The van der Waals surface area contributed by atoms with Crippen LogP contribution in [0, 0.1) is 0 Å². The summed E-state index contributed by atoms with van der Waals surface area (Å²) in [5.41, 5.74) is 0.983. The number of nitrogens with one attached hydrogen (secondary N) is 2. The van der Waals surface area contributed by atoms with E-state index in [4.69, 9.17) is 26.1 Å². The Bertz CT molecular complexity index is 650. The van der Waals surface area contributed by atoms with Crippen molar-refractivity contribution in [3.05, 3.63) is 22.7 Å². The molecule has 0 aromatic heterocycles. The topological polar surface area (TPSA) is 58.1 Å². The Morgan fingerprint density at radius 3 is 2.52 bits per heavy atom. The number of rotatable bonds is 8. The number of benzene rings is 1. The number of nitrogens with zero attached hydrogens (tertiary/aromatic N) is 2. The zero-order chi connectivity index (χ0) is 20.5. The summed E-state index contributed by atoms with van der Waals surface area (Å²) in [7, 11) is 1.62. The number of hydrogen-bond acceptors (Lipinski definition) is 4. The lowest BCUT2D eigenvalue weighted by Gasteiger charge is -2.35. The Morgan fingerprint density at radius 1 is 1.28 bits per heavy atom. The first kappa shape index (κ1) is 26.1. The molecule has 0 amide bonds. The van der Waals surface area contributed by atoms with Crippen molar-refractivity contribution in [3.8, 4) is 11.5 Å². The number of likely N-dealkylation sites (tertiary alicyclic amines) is 1. The Kier molecular flexibility index (Phi) is 12.1. The smallest absolute Gasteiger partial charge is 0.191 e. The standard InChI is InChI=1S/C21H35ClN4O2.HI/c1-6-23-21(25-17-8-10-26(11-9-17)15(3)4)24-14-16-12-18(22)20(28-7-2)19(13-16)27-5;/h12-13,15,17H,6-11,14H2,1-5H3,(H2,23,24,25);1H. The van der Waals surface area contributed by atoms with Crippen molar-refractivity contribution in [3.63, 3.8) is 0 Å². The van der Waals surface area contributed by atoms with Gasteiger partial charge in [-0.15, -0.1) is 24.0 Å². The van der Waals surface area contributed by atoms with E-state index >= 15 is 0 Å². The van der Waals surface area contributed by atoms with Crippen LogP contribution in [0.1, 0.15) is 46.1 Å². The first-order valence-electron chi connectivity index (χ1n) is 10.3. The van der Waals surface area contributed by atoms with Crippen molar-refractivity contribution in [2.75, 3.05) is 33.4 Å². The molecule has 8 heteroatoms. The molecule has 1 saturated heterocycles. The normalized spacial score (nSPS) is 15.8. The van der Waals surface area contributed by atoms with E-state index in [1.165, 1.54) is 0 Å². The Balaban J connectivity index is 0.00000420. The van der Waals surface area contributed by atoms with Gasteiger partial charge in [0.05, 0.1) is 25.3 Å². The molecule has 1 aromatic rings. The minimum absolute atomic E-state index is 0. The van der Waals surface area contributed by atoms with Crippen LogP contribution >= 0.6 is 35.6 Å². The molecule has 1 aliphatic heterocycles. The molecule has 0 aliphatic carbocycles. The molecule has 0 radical (unpaired) electrons. The summed E-state index contributed by atoms with van der Waals surface area (Å²) in [6.45, 7) is 12.7. The lowest BCUT2D eigenvalue weighted by molar-refractivity contribution is 0.167. The van der Waals surface area contributed by atoms with Crippen molar-refractivity contribution >= 4 is 41.5 Å². The lowest BCUT2D eigenvalue weighted by Crippen LogP contribution is -2.49. The van der Waals surface area contributed by atoms with Gasteiger partial charge in [0, 0.05) is 31.7 Å². The number of methoxy groups -OCH3 is 1. The van der Waals surface area contributed by atoms with Crippen molar-refractivity contribution in [2.24, 2.45) is 4.99 Å². The third-order valence-electron chi connectivity index (χ3n) is 4.94. The van der Waals surface area contributed by atoms with E-state index in [-0.39, 0.29) is 24.0 Å². The minimum atomic E-state index is 0. The van der Waals surface area contributed by atoms with Gasteiger partial charge in [-0.1, -0.05) is 11.6 Å². The Morgan fingerprint density at radius 2 is 1.97 bits per heavy atom. The highest BCUT2D eigenvalue weighted by Gasteiger charge is 2.21. The largest absolute Gasteiger partial charge is 0.493 e. The molecule has 0 unspecified atom stereocenters. The maximum atomic E-state index is 6.37. The van der Waals surface area contributed by atoms with Gasteiger partial charge in [-0.25, -0.2) is 4.99 Å². The van der Waals surface area contributed by atoms with E-state index in [1.807, 2.05) is 19.1 Å². The average molecular weight is 539 g/mol. The zero-order valence-electron chi connectivity index (χ0n) is 18.3. The third kappa shape index (κ3) is 8.02. The predicted molar refractivity (Wildman–Crippen MR) is 132 cm³/mol. The van der Waals surface area contributed by atoms with E-state index in [2.05, 4.69) is 36.3 Å². The molecule has 0 spiro atoms. The number of halogens is 2. The van der Waals surface area contributed by atoms with Gasteiger partial charge in [0.25, 0.3) is 0 Å². The second-order valence-electron chi connectivity index (χ2n) is 7.29. The number of aliphatic imine (C=N–C) groups is 1. The van der Waals surface area contributed by atoms with Crippen LogP contribution in [0.3, 0.4) is 0 Å². The molecule has 1 heterocycles. The van der Waals surface area contributed by atoms with Crippen LogP contribution in [0.5, 0.6) is 11.5 Å². The van der Waals surface area contributed by atoms with Crippen LogP contribution in [0.15, 0.2) is 17.1 Å². The highest BCUT2D eigenvalue weighted by Crippen LogP contribution is 2.36. The molecule has 1 aliphatic rings. The van der Waals surface area contributed by atoms with Crippen molar-refractivity contribution in [1.82, 2.24) is 15.5 Å². The van der Waals surface area contributed by atoms with E-state index in [9.17, 15) is 0 Å². The quantitative estimate of drug-likeness (QED) is 0.294. The molecule has 2 N–H and O–H groups in total. The van der Waals surface area contributed by atoms with Crippen LogP contribution < -0.4 is 20.1 Å². The highest BCUT2D eigenvalue weighted by atomic mass is 127. The molecular weight excluding hydrogens is 503 g/mol. The molecule has 166 valence electrons. The number of piperidine rings is 1. The maximum Gasteiger partial charge on any atom is 0.191 e. The van der Waals surface area contributed by atoms with Gasteiger partial charge in [-0.2, -0.15) is 0 Å². The zero-order valence-corrected chi connectivity index (χ0v) is 21.3. The van der Waals surface area contributed by atoms with Gasteiger partial charge in [0.1, 0.15) is 0 Å². The molecule has 0 bridgehead atoms. The summed E-state index contributed by atoms with van der Waals surface area (Å²) in [4.78, 5) is 7.27. The van der Waals surface area contributed by atoms with Crippen LogP contribution in [-0.4, -0.2) is 56.3 Å². The van der Waals surface area contributed by atoms with Crippen LogP contribution in [0.2, 0.25) is 5.02 Å². The molecule has 2 rings (SSSR count). The summed E-state index contributed by atoms with van der Waals surface area (Å²) in [6, 6.07) is 4.89. The van der Waals surface area contributed by atoms with Crippen molar-refractivity contribution in [1.29, 1.82) is 0 Å². The number of guanidine groups is 1. The van der Waals surface area contributed by atoms with Crippen LogP contribution in [0.25, 0.3) is 0 Å². The molecule has 1 fully saturated rings. The molecule has 6 nitrogen and oxygen atoms in total. The number of hydrogen-bond donors (Lipinski definition) is 2. The molecular formula is C21H36ClIN4O2. The summed E-state index contributed by atoms with van der Waals surface area (Å²) in [6.07, 6.45) is 2.26. The van der Waals surface area contributed by atoms with E-state index in [0.717, 1.165) is 44.0 Å². The third-order valence-corrected chi connectivity index (χ3v) is 5.22. The Hall–Kier alpha value is -0.930. The first-order chi connectivity index (χ1) is 13.5. The summed E-state index contributed by atoms with van der Waals surface area (Å²) >= 11 is 6.37. The van der Waals surface area contributed by atoms with Crippen molar-refractivity contribution < 1.29 is 9.47 Å².